The van der Waals surface area contributed by atoms with Gasteiger partial charge in [0, 0.05) is 12.7 Å². The van der Waals surface area contributed by atoms with E-state index in [0.717, 1.165) is 6.07 Å². The van der Waals surface area contributed by atoms with Gasteiger partial charge in [0.1, 0.15) is 5.69 Å². The quantitative estimate of drug-likeness (QED) is 0.638. The van der Waals surface area contributed by atoms with Gasteiger partial charge in [0.25, 0.3) is 5.69 Å². The molecule has 20 heavy (non-hydrogen) atoms. The van der Waals surface area contributed by atoms with Gasteiger partial charge in [-0.25, -0.2) is 4.79 Å². The van der Waals surface area contributed by atoms with Crippen LogP contribution in [0.1, 0.15) is 12.0 Å². The Morgan fingerprint density at radius 3 is 2.95 bits per heavy atom. The highest BCUT2D eigenvalue weighted by atomic mass is 16.6. The van der Waals surface area contributed by atoms with Gasteiger partial charge in [-0.3, -0.25) is 10.1 Å². The zero-order chi connectivity index (χ0) is 14.5. The largest absolute Gasteiger partial charge is 0.379 e. The average Bonchev–Trinajstić information content (AvgIpc) is 2.91. The summed E-state index contributed by atoms with van der Waals surface area (Å²) in [6.07, 6.45) is 0.711. The molecule has 1 aromatic rings. The van der Waals surface area contributed by atoms with Gasteiger partial charge in [0.05, 0.1) is 29.2 Å². The van der Waals surface area contributed by atoms with Gasteiger partial charge in [0.2, 0.25) is 0 Å². The number of hydrogen-bond acceptors (Lipinski definition) is 5. The lowest BCUT2D eigenvalue weighted by Crippen LogP contribution is -2.38. The number of rotatable bonds is 3. The number of urea groups is 1. The zero-order valence-corrected chi connectivity index (χ0v) is 10.5. The molecule has 1 saturated heterocycles. The molecule has 0 saturated carbocycles. The number of carbonyl (C=O) groups is 1. The van der Waals surface area contributed by atoms with Crippen LogP contribution in [0.25, 0.3) is 0 Å². The van der Waals surface area contributed by atoms with Crippen LogP contribution in [0.5, 0.6) is 0 Å². The highest BCUT2D eigenvalue weighted by Crippen LogP contribution is 2.25. The minimum absolute atomic E-state index is 0.0467. The fraction of sp³-hybridized carbons (Fsp3) is 0.333. The third-order valence-corrected chi connectivity index (χ3v) is 2.84. The molecule has 1 aliphatic heterocycles. The molecule has 0 spiro atoms. The normalized spacial score (nSPS) is 17.2. The highest BCUT2D eigenvalue weighted by molar-refractivity contribution is 5.92. The summed E-state index contributed by atoms with van der Waals surface area (Å²) in [7, 11) is 0. The van der Waals surface area contributed by atoms with E-state index >= 15 is 0 Å². The Hall–Kier alpha value is -2.66. The third-order valence-electron chi connectivity index (χ3n) is 2.84. The molecule has 2 N–H and O–H groups in total. The predicted molar refractivity (Wildman–Crippen MR) is 69.2 cm³/mol. The molecule has 2 amide bonds. The van der Waals surface area contributed by atoms with E-state index in [2.05, 4.69) is 10.6 Å². The van der Waals surface area contributed by atoms with Crippen LogP contribution in [0.4, 0.5) is 16.2 Å². The Bertz CT molecular complexity index is 575. The fourth-order valence-corrected chi connectivity index (χ4v) is 1.85. The van der Waals surface area contributed by atoms with E-state index < -0.39 is 11.0 Å². The lowest BCUT2D eigenvalue weighted by Gasteiger charge is -2.12. The number of nitrogens with one attached hydrogen (secondary N) is 2. The van der Waals surface area contributed by atoms with Crippen molar-refractivity contribution in [3.05, 3.63) is 33.9 Å². The molecule has 2 rings (SSSR count). The number of carbonyl (C=O) groups excluding carboxylic acids is 1. The minimum Gasteiger partial charge on any atom is -0.379 e. The van der Waals surface area contributed by atoms with Crippen molar-refractivity contribution >= 4 is 17.4 Å². The molecule has 104 valence electrons. The molecule has 1 fully saturated rings. The molecule has 0 aliphatic carbocycles. The summed E-state index contributed by atoms with van der Waals surface area (Å²) in [5.74, 6) is 0. The summed E-state index contributed by atoms with van der Waals surface area (Å²) in [4.78, 5) is 22.0. The van der Waals surface area contributed by atoms with E-state index in [9.17, 15) is 14.9 Å². The molecule has 1 aromatic carbocycles. The number of benzene rings is 1. The highest BCUT2D eigenvalue weighted by Gasteiger charge is 2.20. The van der Waals surface area contributed by atoms with Gasteiger partial charge in [-0.05, 0) is 18.6 Å². The van der Waals surface area contributed by atoms with Gasteiger partial charge in [-0.2, -0.15) is 5.26 Å². The van der Waals surface area contributed by atoms with E-state index in [4.69, 9.17) is 10.00 Å². The molecular weight excluding hydrogens is 264 g/mol. The van der Waals surface area contributed by atoms with Crippen LogP contribution in [-0.2, 0) is 4.74 Å². The van der Waals surface area contributed by atoms with E-state index in [1.807, 2.05) is 6.07 Å². The van der Waals surface area contributed by atoms with Crippen LogP contribution >= 0.6 is 0 Å². The molecule has 1 heterocycles. The van der Waals surface area contributed by atoms with E-state index in [1.165, 1.54) is 12.1 Å². The van der Waals surface area contributed by atoms with E-state index in [1.54, 1.807) is 0 Å². The number of nitro benzene ring substituents is 1. The number of anilines is 1. The Labute approximate surface area is 114 Å². The van der Waals surface area contributed by atoms with Crippen LogP contribution in [-0.4, -0.2) is 30.2 Å². The molecular formula is C12H12N4O4. The van der Waals surface area contributed by atoms with Crippen molar-refractivity contribution in [3.8, 4) is 6.07 Å². The van der Waals surface area contributed by atoms with Gasteiger partial charge < -0.3 is 15.4 Å². The fourth-order valence-electron chi connectivity index (χ4n) is 1.85. The maximum atomic E-state index is 11.7. The lowest BCUT2D eigenvalue weighted by molar-refractivity contribution is -0.383. The third kappa shape index (κ3) is 3.21. The van der Waals surface area contributed by atoms with Crippen LogP contribution < -0.4 is 10.6 Å². The minimum atomic E-state index is -0.644. The van der Waals surface area contributed by atoms with Gasteiger partial charge >= 0.3 is 6.03 Å². The average molecular weight is 276 g/mol. The Balaban J connectivity index is 2.10. The second-order valence-electron chi connectivity index (χ2n) is 4.26. The van der Waals surface area contributed by atoms with Crippen molar-refractivity contribution in [1.82, 2.24) is 5.32 Å². The first-order valence-corrected chi connectivity index (χ1v) is 5.94. The number of amides is 2. The number of nitriles is 1. The first-order chi connectivity index (χ1) is 9.60. The maximum Gasteiger partial charge on any atom is 0.319 e. The van der Waals surface area contributed by atoms with Crippen molar-refractivity contribution in [1.29, 1.82) is 5.26 Å². The molecule has 1 aliphatic rings. The van der Waals surface area contributed by atoms with Gasteiger partial charge in [0.15, 0.2) is 0 Å². The van der Waals surface area contributed by atoms with Crippen LogP contribution in [0.2, 0.25) is 0 Å². The predicted octanol–water partition coefficient (Wildman–Crippen LogP) is 1.38. The number of ether oxygens (including phenoxy) is 1. The Morgan fingerprint density at radius 2 is 2.35 bits per heavy atom. The monoisotopic (exact) mass is 276 g/mol. The van der Waals surface area contributed by atoms with Crippen molar-refractivity contribution in [2.24, 2.45) is 0 Å². The SMILES string of the molecule is N#Cc1ccc(NC(=O)NC2CCOC2)c([N+](=O)[O-])c1. The maximum absolute atomic E-state index is 11.7. The topological polar surface area (TPSA) is 117 Å². The summed E-state index contributed by atoms with van der Waals surface area (Å²) in [5.41, 5.74) is -0.112. The molecule has 8 heteroatoms. The van der Waals surface area contributed by atoms with Crippen molar-refractivity contribution in [2.45, 2.75) is 12.5 Å². The Kier molecular flexibility index (Phi) is 4.12. The summed E-state index contributed by atoms with van der Waals surface area (Å²) in [6.45, 7) is 1.02. The van der Waals surface area contributed by atoms with Crippen molar-refractivity contribution < 1.29 is 14.5 Å². The lowest BCUT2D eigenvalue weighted by atomic mass is 10.2. The van der Waals surface area contributed by atoms with Crippen LogP contribution in [0.3, 0.4) is 0 Å². The zero-order valence-electron chi connectivity index (χ0n) is 10.5. The second-order valence-corrected chi connectivity index (χ2v) is 4.26. The van der Waals surface area contributed by atoms with Crippen molar-refractivity contribution in [2.75, 3.05) is 18.5 Å². The summed E-state index contributed by atoms with van der Waals surface area (Å²) < 4.78 is 5.11. The first-order valence-electron chi connectivity index (χ1n) is 5.94. The summed E-state index contributed by atoms with van der Waals surface area (Å²) >= 11 is 0. The number of nitrogens with zero attached hydrogens (tertiary/aromatic N) is 2. The first kappa shape index (κ1) is 13.8. The Morgan fingerprint density at radius 1 is 1.55 bits per heavy atom. The molecule has 0 aromatic heterocycles. The van der Waals surface area contributed by atoms with Crippen LogP contribution in [0, 0.1) is 21.4 Å². The van der Waals surface area contributed by atoms with Crippen LogP contribution in [0.15, 0.2) is 18.2 Å². The molecule has 0 bridgehead atoms. The van der Waals surface area contributed by atoms with E-state index in [-0.39, 0.29) is 23.0 Å². The molecule has 0 radical (unpaired) electrons. The molecule has 8 nitrogen and oxygen atoms in total. The smallest absolute Gasteiger partial charge is 0.319 e. The number of nitro groups is 1. The molecule has 1 unspecified atom stereocenters. The standard InChI is InChI=1S/C12H12N4O4/c13-6-8-1-2-10(11(5-8)16(18)19)15-12(17)14-9-3-4-20-7-9/h1-2,5,9H,3-4,7H2,(H2,14,15,17). The van der Waals surface area contributed by atoms with Gasteiger partial charge in [-0.1, -0.05) is 0 Å². The van der Waals surface area contributed by atoms with Crippen molar-refractivity contribution in [3.63, 3.8) is 0 Å². The van der Waals surface area contributed by atoms with E-state index in [0.29, 0.717) is 19.6 Å². The number of hydrogen-bond donors (Lipinski definition) is 2. The second kappa shape index (κ2) is 5.99. The molecule has 1 atom stereocenters. The summed E-state index contributed by atoms with van der Waals surface area (Å²) in [5, 5.41) is 24.7. The van der Waals surface area contributed by atoms with Gasteiger partial charge in [-0.15, -0.1) is 0 Å². The summed E-state index contributed by atoms with van der Waals surface area (Å²) in [6, 6.07) is 5.05.